The van der Waals surface area contributed by atoms with E-state index in [4.69, 9.17) is 16.3 Å². The molecule has 41 heavy (non-hydrogen) atoms. The fourth-order valence-corrected chi connectivity index (χ4v) is 7.00. The fraction of sp³-hybridized carbons (Fsp3) is 0.375. The first-order chi connectivity index (χ1) is 19.7. The second-order valence-electron chi connectivity index (χ2n) is 10.9. The molecule has 0 aliphatic carbocycles. The second-order valence-corrected chi connectivity index (χ2v) is 12.4. The number of aromatic nitrogens is 1. The molecule has 1 amide bonds. The monoisotopic (exact) mass is 593 g/mol. The number of fused-ring (bicyclic) bond motifs is 1. The van der Waals surface area contributed by atoms with Crippen molar-refractivity contribution >= 4 is 39.1 Å². The largest absolute Gasteiger partial charge is 0.387 e. The van der Waals surface area contributed by atoms with Crippen molar-refractivity contribution in [3.8, 4) is 0 Å². The van der Waals surface area contributed by atoms with E-state index in [1.165, 1.54) is 16.9 Å². The van der Waals surface area contributed by atoms with E-state index in [1.807, 2.05) is 49.9 Å². The lowest BCUT2D eigenvalue weighted by atomic mass is 9.91. The highest BCUT2D eigenvalue weighted by Gasteiger charge is 2.21. The Kier molecular flexibility index (Phi) is 9.26. The molecular weight excluding hydrogens is 558 g/mol. The topological polar surface area (TPSA) is 83.8 Å². The highest BCUT2D eigenvalue weighted by atomic mass is 35.5. The van der Waals surface area contributed by atoms with Gasteiger partial charge in [-0.2, -0.15) is 0 Å². The summed E-state index contributed by atoms with van der Waals surface area (Å²) in [5.74, 6) is 0.119. The van der Waals surface area contributed by atoms with Crippen LogP contribution in [-0.2, 0) is 24.9 Å². The van der Waals surface area contributed by atoms with Crippen LogP contribution in [0.4, 0.5) is 0 Å². The van der Waals surface area contributed by atoms with Crippen molar-refractivity contribution in [2.75, 3.05) is 26.8 Å². The van der Waals surface area contributed by atoms with Gasteiger partial charge in [0, 0.05) is 56.0 Å². The number of pyridine rings is 1. The van der Waals surface area contributed by atoms with Gasteiger partial charge in [-0.1, -0.05) is 48.0 Å². The van der Waals surface area contributed by atoms with E-state index in [1.54, 1.807) is 18.3 Å². The number of ether oxygens (including phenoxy) is 1. The van der Waals surface area contributed by atoms with Crippen molar-refractivity contribution in [3.05, 3.63) is 103 Å². The first-order valence-corrected chi connectivity index (χ1v) is 15.1. The SMILES string of the molecule is Cc1c(CN(C)CC(O)c2ccc(C3CCOCC3)cc2)sc2c(=O)c(C(=O)NCc3ccc(Cl)cc3)cn(C)c12. The number of hydrogen-bond acceptors (Lipinski definition) is 6. The number of aryl methyl sites for hydroxylation is 2. The summed E-state index contributed by atoms with van der Waals surface area (Å²) in [6, 6.07) is 15.5. The van der Waals surface area contributed by atoms with Gasteiger partial charge in [-0.05, 0) is 67.1 Å². The summed E-state index contributed by atoms with van der Waals surface area (Å²) in [6.45, 7) is 4.97. The van der Waals surface area contributed by atoms with Crippen LogP contribution in [0, 0.1) is 6.92 Å². The van der Waals surface area contributed by atoms with Crippen molar-refractivity contribution in [1.29, 1.82) is 0 Å². The molecule has 0 saturated carbocycles. The van der Waals surface area contributed by atoms with E-state index in [0.29, 0.717) is 35.3 Å². The van der Waals surface area contributed by atoms with Gasteiger partial charge in [0.15, 0.2) is 0 Å². The molecule has 4 aromatic rings. The third-order valence-electron chi connectivity index (χ3n) is 7.86. The van der Waals surface area contributed by atoms with E-state index in [-0.39, 0.29) is 11.0 Å². The highest BCUT2D eigenvalue weighted by molar-refractivity contribution is 7.19. The van der Waals surface area contributed by atoms with Crippen molar-refractivity contribution in [2.24, 2.45) is 7.05 Å². The number of aliphatic hydroxyl groups excluding tert-OH is 1. The quantitative estimate of drug-likeness (QED) is 0.266. The van der Waals surface area contributed by atoms with Crippen LogP contribution in [0.5, 0.6) is 0 Å². The van der Waals surface area contributed by atoms with Crippen molar-refractivity contribution in [1.82, 2.24) is 14.8 Å². The van der Waals surface area contributed by atoms with Gasteiger partial charge in [0.05, 0.1) is 16.3 Å². The number of nitrogens with zero attached hydrogens (tertiary/aromatic N) is 2. The van der Waals surface area contributed by atoms with E-state index in [0.717, 1.165) is 53.1 Å². The molecule has 1 unspecified atom stereocenters. The van der Waals surface area contributed by atoms with Crippen LogP contribution in [0.15, 0.2) is 59.5 Å². The predicted octanol–water partition coefficient (Wildman–Crippen LogP) is 5.55. The molecule has 0 radical (unpaired) electrons. The lowest BCUT2D eigenvalue weighted by molar-refractivity contribution is 0.0853. The standard InChI is InChI=1S/C32H36ClN3O4S/c1-20-28(19-35(2)18-27(37)24-8-6-22(7-9-24)23-12-14-40-15-13-23)41-31-29(20)36(3)17-26(30(31)38)32(39)34-16-21-4-10-25(33)11-5-21/h4-11,17,23,27,37H,12-16,18-19H2,1-3H3,(H,34,39). The van der Waals surface area contributed by atoms with Gasteiger partial charge < -0.3 is 19.7 Å². The molecule has 0 bridgehead atoms. The van der Waals surface area contributed by atoms with Crippen LogP contribution < -0.4 is 10.7 Å². The minimum atomic E-state index is -0.624. The van der Waals surface area contributed by atoms with Crippen molar-refractivity contribution in [3.63, 3.8) is 0 Å². The number of halogens is 1. The smallest absolute Gasteiger partial charge is 0.257 e. The fourth-order valence-electron chi connectivity index (χ4n) is 5.49. The maximum Gasteiger partial charge on any atom is 0.257 e. The average Bonchev–Trinajstić information content (AvgIpc) is 3.31. The molecule has 2 aromatic carbocycles. The molecule has 7 nitrogen and oxygen atoms in total. The zero-order chi connectivity index (χ0) is 29.1. The molecule has 0 spiro atoms. The van der Waals surface area contributed by atoms with Gasteiger partial charge in [-0.3, -0.25) is 14.5 Å². The number of rotatable bonds is 9. The lowest BCUT2D eigenvalue weighted by Gasteiger charge is -2.23. The Balaban J connectivity index is 1.26. The predicted molar refractivity (Wildman–Crippen MR) is 165 cm³/mol. The van der Waals surface area contributed by atoms with Gasteiger partial charge in [0.2, 0.25) is 5.43 Å². The minimum absolute atomic E-state index is 0.120. The maximum atomic E-state index is 13.4. The third-order valence-corrected chi connectivity index (χ3v) is 9.38. The van der Waals surface area contributed by atoms with Gasteiger partial charge in [0.25, 0.3) is 5.91 Å². The molecule has 1 atom stereocenters. The van der Waals surface area contributed by atoms with E-state index in [9.17, 15) is 14.7 Å². The first-order valence-electron chi connectivity index (χ1n) is 13.9. The number of nitrogens with one attached hydrogen (secondary N) is 1. The van der Waals surface area contributed by atoms with Gasteiger partial charge >= 0.3 is 0 Å². The van der Waals surface area contributed by atoms with Crippen LogP contribution in [0.3, 0.4) is 0 Å². The normalized spacial score (nSPS) is 15.0. The average molecular weight is 594 g/mol. The highest BCUT2D eigenvalue weighted by Crippen LogP contribution is 2.31. The first kappa shape index (κ1) is 29.5. The lowest BCUT2D eigenvalue weighted by Crippen LogP contribution is -2.29. The summed E-state index contributed by atoms with van der Waals surface area (Å²) in [6.07, 6.45) is 3.07. The summed E-state index contributed by atoms with van der Waals surface area (Å²) in [7, 11) is 3.83. The Hall–Kier alpha value is -3.01. The second kappa shape index (κ2) is 12.9. The number of carbonyl (C=O) groups is 1. The zero-order valence-electron chi connectivity index (χ0n) is 23.7. The third kappa shape index (κ3) is 6.74. The van der Waals surface area contributed by atoms with Crippen molar-refractivity contribution < 1.29 is 14.6 Å². The van der Waals surface area contributed by atoms with Crippen LogP contribution in [0.1, 0.15) is 62.4 Å². The molecule has 216 valence electrons. The molecule has 9 heteroatoms. The number of likely N-dealkylation sites (N-methyl/N-ethyl adjacent to an activating group) is 1. The van der Waals surface area contributed by atoms with Crippen molar-refractivity contribution in [2.45, 2.75) is 44.9 Å². The summed E-state index contributed by atoms with van der Waals surface area (Å²) in [5, 5.41) is 14.4. The molecule has 1 fully saturated rings. The molecule has 1 aliphatic heterocycles. The Morgan fingerprint density at radius 1 is 1.17 bits per heavy atom. The molecule has 3 heterocycles. The number of carbonyl (C=O) groups excluding carboxylic acids is 1. The van der Waals surface area contributed by atoms with Gasteiger partial charge in [0.1, 0.15) is 5.56 Å². The number of aliphatic hydroxyl groups is 1. The van der Waals surface area contributed by atoms with Gasteiger partial charge in [-0.25, -0.2) is 0 Å². The number of hydrogen-bond donors (Lipinski definition) is 2. The van der Waals surface area contributed by atoms with Crippen LogP contribution in [-0.4, -0.2) is 47.3 Å². The Labute approximate surface area is 249 Å². The Morgan fingerprint density at radius 3 is 2.54 bits per heavy atom. The molecule has 2 N–H and O–H groups in total. The van der Waals surface area contributed by atoms with Crippen LogP contribution >= 0.6 is 22.9 Å². The van der Waals surface area contributed by atoms with Crippen LogP contribution in [0.2, 0.25) is 5.02 Å². The van der Waals surface area contributed by atoms with E-state index < -0.39 is 12.0 Å². The molecule has 1 aliphatic rings. The van der Waals surface area contributed by atoms with E-state index >= 15 is 0 Å². The summed E-state index contributed by atoms with van der Waals surface area (Å²) in [5.41, 5.74) is 4.80. The molecule has 2 aromatic heterocycles. The zero-order valence-corrected chi connectivity index (χ0v) is 25.2. The maximum absolute atomic E-state index is 13.4. The molecular formula is C32H36ClN3O4S. The Bertz CT molecular complexity index is 1570. The number of benzene rings is 2. The van der Waals surface area contributed by atoms with Crippen LogP contribution in [0.25, 0.3) is 10.2 Å². The summed E-state index contributed by atoms with van der Waals surface area (Å²) >= 11 is 7.36. The minimum Gasteiger partial charge on any atom is -0.387 e. The number of amides is 1. The Morgan fingerprint density at radius 2 is 1.85 bits per heavy atom. The van der Waals surface area contributed by atoms with E-state index in [2.05, 4.69) is 22.3 Å². The number of thiophene rings is 1. The molecule has 1 saturated heterocycles. The summed E-state index contributed by atoms with van der Waals surface area (Å²) < 4.78 is 7.90. The van der Waals surface area contributed by atoms with Gasteiger partial charge in [-0.15, -0.1) is 11.3 Å². The summed E-state index contributed by atoms with van der Waals surface area (Å²) in [4.78, 5) is 29.4. The molecule has 5 rings (SSSR count).